The fourth-order valence-corrected chi connectivity index (χ4v) is 3.70. The summed E-state index contributed by atoms with van der Waals surface area (Å²) in [4.78, 5) is 28.0. The average Bonchev–Trinajstić information content (AvgIpc) is 3.05. The maximum atomic E-state index is 13.9. The molecule has 1 heterocycles. The quantitative estimate of drug-likeness (QED) is 0.548. The third-order valence-electron chi connectivity index (χ3n) is 5.61. The number of hydrogen-bond donors (Lipinski definition) is 1. The van der Waals surface area contributed by atoms with Crippen molar-refractivity contribution in [3.63, 3.8) is 0 Å². The number of rotatable bonds is 6. The zero-order valence-corrected chi connectivity index (χ0v) is 18.7. The summed E-state index contributed by atoms with van der Waals surface area (Å²) >= 11 is 0. The molecule has 0 fully saturated rings. The Morgan fingerprint density at radius 1 is 0.848 bits per heavy atom. The molecule has 0 saturated heterocycles. The van der Waals surface area contributed by atoms with Gasteiger partial charge in [-0.15, -0.1) is 0 Å². The van der Waals surface area contributed by atoms with Crippen molar-refractivity contribution in [2.75, 3.05) is 24.4 Å². The van der Waals surface area contributed by atoms with Gasteiger partial charge in [-0.05, 0) is 60.9 Å². The Bertz CT molecular complexity index is 1300. The molecule has 0 bridgehead atoms. The van der Waals surface area contributed by atoms with E-state index in [1.165, 1.54) is 32.4 Å². The van der Waals surface area contributed by atoms with E-state index in [0.29, 0.717) is 22.7 Å². The van der Waals surface area contributed by atoms with Crippen LogP contribution in [0.4, 0.5) is 15.8 Å². The Morgan fingerprint density at radius 3 is 2.30 bits per heavy atom. The van der Waals surface area contributed by atoms with Gasteiger partial charge in [-0.3, -0.25) is 9.59 Å². The predicted octanol–water partition coefficient (Wildman–Crippen LogP) is 4.86. The number of ether oxygens (including phenoxy) is 2. The van der Waals surface area contributed by atoms with E-state index in [1.54, 1.807) is 24.3 Å². The monoisotopic (exact) mass is 446 g/mol. The summed E-state index contributed by atoms with van der Waals surface area (Å²) in [5.41, 5.74) is 3.54. The average molecular weight is 446 g/mol. The van der Waals surface area contributed by atoms with Gasteiger partial charge in [0.25, 0.3) is 11.8 Å². The summed E-state index contributed by atoms with van der Waals surface area (Å²) < 4.78 is 24.6. The molecule has 0 spiro atoms. The highest BCUT2D eigenvalue weighted by Gasteiger charge is 2.40. The minimum absolute atomic E-state index is 0.0796. The molecule has 6 nitrogen and oxygen atoms in total. The molecule has 33 heavy (non-hydrogen) atoms. The first kappa shape index (κ1) is 22.1. The molecule has 3 aromatic rings. The van der Waals surface area contributed by atoms with Crippen LogP contribution in [0.3, 0.4) is 0 Å². The third kappa shape index (κ3) is 4.05. The topological polar surface area (TPSA) is 67.9 Å². The van der Waals surface area contributed by atoms with Gasteiger partial charge < -0.3 is 14.8 Å². The molecule has 3 aromatic carbocycles. The SMILES string of the molecule is COc1ccc(NC2=C(c3ccc(C)c(C)c3)C(=O)N(c3cccc(F)c3)C2=O)c(OC)c1. The Labute approximate surface area is 191 Å². The van der Waals surface area contributed by atoms with Crippen molar-refractivity contribution in [3.8, 4) is 11.5 Å². The van der Waals surface area contributed by atoms with Crippen LogP contribution in [-0.2, 0) is 9.59 Å². The van der Waals surface area contributed by atoms with Crippen LogP contribution in [0.2, 0.25) is 0 Å². The van der Waals surface area contributed by atoms with Crippen LogP contribution >= 0.6 is 0 Å². The van der Waals surface area contributed by atoms with Crippen molar-refractivity contribution in [1.82, 2.24) is 0 Å². The number of anilines is 2. The minimum atomic E-state index is -0.586. The van der Waals surface area contributed by atoms with Crippen molar-refractivity contribution in [2.24, 2.45) is 0 Å². The molecular formula is C26H23FN2O4. The van der Waals surface area contributed by atoms with Gasteiger partial charge in [0.05, 0.1) is 31.2 Å². The molecule has 0 unspecified atom stereocenters. The van der Waals surface area contributed by atoms with Crippen molar-refractivity contribution in [1.29, 1.82) is 0 Å². The normalized spacial score (nSPS) is 13.5. The molecule has 1 aliphatic rings. The van der Waals surface area contributed by atoms with Gasteiger partial charge in [-0.25, -0.2) is 9.29 Å². The Hall–Kier alpha value is -4.13. The van der Waals surface area contributed by atoms with E-state index in [-0.39, 0.29) is 17.0 Å². The Balaban J connectivity index is 1.86. The van der Waals surface area contributed by atoms with Crippen molar-refractivity contribution in [3.05, 3.63) is 88.9 Å². The van der Waals surface area contributed by atoms with E-state index in [2.05, 4.69) is 5.32 Å². The zero-order valence-electron chi connectivity index (χ0n) is 18.7. The van der Waals surface area contributed by atoms with E-state index in [9.17, 15) is 14.0 Å². The maximum Gasteiger partial charge on any atom is 0.282 e. The molecule has 0 saturated carbocycles. The van der Waals surface area contributed by atoms with Gasteiger partial charge in [0, 0.05) is 6.07 Å². The number of imide groups is 1. The van der Waals surface area contributed by atoms with Crippen LogP contribution in [0.5, 0.6) is 11.5 Å². The molecule has 1 N–H and O–H groups in total. The minimum Gasteiger partial charge on any atom is -0.497 e. The maximum absolute atomic E-state index is 13.9. The summed E-state index contributed by atoms with van der Waals surface area (Å²) in [6.45, 7) is 3.90. The fourth-order valence-electron chi connectivity index (χ4n) is 3.70. The molecular weight excluding hydrogens is 423 g/mol. The van der Waals surface area contributed by atoms with E-state index in [4.69, 9.17) is 9.47 Å². The summed E-state index contributed by atoms with van der Waals surface area (Å²) in [5, 5.41) is 3.08. The lowest BCUT2D eigenvalue weighted by Crippen LogP contribution is -2.32. The molecule has 1 aliphatic heterocycles. The zero-order chi connectivity index (χ0) is 23.7. The lowest BCUT2D eigenvalue weighted by atomic mass is 9.99. The van der Waals surface area contributed by atoms with Gasteiger partial charge in [0.15, 0.2) is 0 Å². The third-order valence-corrected chi connectivity index (χ3v) is 5.61. The highest BCUT2D eigenvalue weighted by Crippen LogP contribution is 2.37. The number of aryl methyl sites for hydroxylation is 2. The van der Waals surface area contributed by atoms with E-state index >= 15 is 0 Å². The number of nitrogens with zero attached hydrogens (tertiary/aromatic N) is 1. The summed E-state index contributed by atoms with van der Waals surface area (Å²) in [7, 11) is 3.04. The van der Waals surface area contributed by atoms with Gasteiger partial charge in [0.2, 0.25) is 0 Å². The fraction of sp³-hybridized carbons (Fsp3) is 0.154. The van der Waals surface area contributed by atoms with Crippen molar-refractivity contribution in [2.45, 2.75) is 13.8 Å². The first-order valence-corrected chi connectivity index (χ1v) is 10.3. The number of halogens is 1. The van der Waals surface area contributed by atoms with Crippen molar-refractivity contribution < 1.29 is 23.5 Å². The summed E-state index contributed by atoms with van der Waals surface area (Å²) in [5.74, 6) is -0.652. The summed E-state index contributed by atoms with van der Waals surface area (Å²) in [6, 6.07) is 16.0. The van der Waals surface area contributed by atoms with Gasteiger partial charge in [-0.2, -0.15) is 0 Å². The summed E-state index contributed by atoms with van der Waals surface area (Å²) in [6.07, 6.45) is 0. The number of nitrogens with one attached hydrogen (secondary N) is 1. The second kappa shape index (κ2) is 8.78. The Morgan fingerprint density at radius 2 is 1.64 bits per heavy atom. The van der Waals surface area contributed by atoms with Gasteiger partial charge in [-0.1, -0.05) is 24.3 Å². The van der Waals surface area contributed by atoms with E-state index in [0.717, 1.165) is 22.1 Å². The highest BCUT2D eigenvalue weighted by atomic mass is 19.1. The van der Waals surface area contributed by atoms with Crippen LogP contribution in [0.15, 0.2) is 66.4 Å². The molecule has 0 radical (unpaired) electrons. The first-order valence-electron chi connectivity index (χ1n) is 10.3. The van der Waals surface area contributed by atoms with Crippen LogP contribution in [-0.4, -0.2) is 26.0 Å². The second-order valence-electron chi connectivity index (χ2n) is 7.67. The van der Waals surface area contributed by atoms with Gasteiger partial charge in [0.1, 0.15) is 23.0 Å². The lowest BCUT2D eigenvalue weighted by Gasteiger charge is -2.16. The largest absolute Gasteiger partial charge is 0.497 e. The number of carbonyl (C=O) groups is 2. The van der Waals surface area contributed by atoms with Gasteiger partial charge >= 0.3 is 0 Å². The van der Waals surface area contributed by atoms with Crippen LogP contribution in [0.25, 0.3) is 5.57 Å². The Kier molecular flexibility index (Phi) is 5.87. The van der Waals surface area contributed by atoms with E-state index < -0.39 is 17.6 Å². The number of benzene rings is 3. The number of hydrogen-bond acceptors (Lipinski definition) is 5. The molecule has 0 aromatic heterocycles. The van der Waals surface area contributed by atoms with E-state index in [1.807, 2.05) is 26.0 Å². The molecule has 0 atom stereocenters. The highest BCUT2D eigenvalue weighted by molar-refractivity contribution is 6.46. The van der Waals surface area contributed by atoms with Crippen molar-refractivity contribution >= 4 is 28.8 Å². The van der Waals surface area contributed by atoms with Crippen LogP contribution in [0, 0.1) is 19.7 Å². The molecule has 168 valence electrons. The number of methoxy groups -OCH3 is 2. The lowest BCUT2D eigenvalue weighted by molar-refractivity contribution is -0.120. The first-order chi connectivity index (χ1) is 15.8. The number of amides is 2. The van der Waals surface area contributed by atoms with Crippen LogP contribution in [0.1, 0.15) is 16.7 Å². The molecule has 4 rings (SSSR count). The molecule has 7 heteroatoms. The smallest absolute Gasteiger partial charge is 0.282 e. The second-order valence-corrected chi connectivity index (χ2v) is 7.67. The number of carbonyl (C=O) groups excluding carboxylic acids is 2. The predicted molar refractivity (Wildman–Crippen MR) is 125 cm³/mol. The molecule has 0 aliphatic carbocycles. The van der Waals surface area contributed by atoms with Crippen LogP contribution < -0.4 is 19.7 Å². The molecule has 2 amide bonds. The standard InChI is InChI=1S/C26H23FN2O4/c1-15-8-9-17(12-16(15)2)23-24(28-21-11-10-20(32-3)14-22(21)33-4)26(31)29(25(23)30)19-7-5-6-18(27)13-19/h5-14,28H,1-4H3.